The molecule has 1 aliphatic heterocycles. The average Bonchev–Trinajstić information content (AvgIpc) is 3.16. The van der Waals surface area contributed by atoms with E-state index in [9.17, 15) is 4.79 Å². The van der Waals surface area contributed by atoms with Crippen molar-refractivity contribution in [3.63, 3.8) is 0 Å². The number of hydrogen-bond donors (Lipinski definition) is 2. The summed E-state index contributed by atoms with van der Waals surface area (Å²) in [4.78, 5) is 21.8. The molecular formula is C13H22Cl2N4O. The van der Waals surface area contributed by atoms with Gasteiger partial charge in [-0.2, -0.15) is 0 Å². The van der Waals surface area contributed by atoms with Crippen LogP contribution in [0.3, 0.4) is 0 Å². The number of H-pyrrole nitrogens is 1. The fraction of sp³-hybridized carbons (Fsp3) is 0.692. The van der Waals surface area contributed by atoms with Gasteiger partial charge in [-0.3, -0.25) is 4.79 Å². The molecule has 0 spiro atoms. The molecule has 0 aromatic carbocycles. The molecule has 1 unspecified atom stereocenters. The SMILES string of the molecule is CNC1CCCN(C(=O)c2cnc(C3CC3)[nH]2)C1.Cl.Cl. The molecule has 3 rings (SSSR count). The zero-order valence-corrected chi connectivity index (χ0v) is 13.2. The molecule has 1 aromatic heterocycles. The Labute approximate surface area is 131 Å². The maximum absolute atomic E-state index is 12.3. The lowest BCUT2D eigenvalue weighted by molar-refractivity contribution is 0.0692. The highest BCUT2D eigenvalue weighted by atomic mass is 35.5. The first kappa shape index (κ1) is 17.3. The second-order valence-electron chi connectivity index (χ2n) is 5.34. The Balaban J connectivity index is 0.000001000. The quantitative estimate of drug-likeness (QED) is 0.895. The van der Waals surface area contributed by atoms with Crippen molar-refractivity contribution in [1.29, 1.82) is 0 Å². The lowest BCUT2D eigenvalue weighted by Gasteiger charge is -2.32. The molecule has 114 valence electrons. The van der Waals surface area contributed by atoms with E-state index >= 15 is 0 Å². The summed E-state index contributed by atoms with van der Waals surface area (Å²) < 4.78 is 0. The van der Waals surface area contributed by atoms with Crippen LogP contribution in [0.1, 0.15) is 47.9 Å². The molecule has 1 saturated carbocycles. The van der Waals surface area contributed by atoms with Gasteiger partial charge < -0.3 is 15.2 Å². The van der Waals surface area contributed by atoms with Crippen LogP contribution < -0.4 is 5.32 Å². The van der Waals surface area contributed by atoms with E-state index in [-0.39, 0.29) is 30.7 Å². The minimum Gasteiger partial charge on any atom is -0.338 e. The third kappa shape index (κ3) is 3.65. The number of hydrogen-bond acceptors (Lipinski definition) is 3. The van der Waals surface area contributed by atoms with Gasteiger partial charge in [-0.25, -0.2) is 4.98 Å². The van der Waals surface area contributed by atoms with Gasteiger partial charge in [0, 0.05) is 25.0 Å². The first-order chi connectivity index (χ1) is 8.78. The summed E-state index contributed by atoms with van der Waals surface area (Å²) in [6, 6.07) is 0.425. The minimum absolute atomic E-state index is 0. The van der Waals surface area contributed by atoms with Gasteiger partial charge in [-0.15, -0.1) is 24.8 Å². The second kappa shape index (κ2) is 7.29. The topological polar surface area (TPSA) is 61.0 Å². The summed E-state index contributed by atoms with van der Waals surface area (Å²) in [6.07, 6.45) is 6.32. The largest absolute Gasteiger partial charge is 0.338 e. The highest BCUT2D eigenvalue weighted by Crippen LogP contribution is 2.38. The zero-order valence-electron chi connectivity index (χ0n) is 11.6. The van der Waals surface area contributed by atoms with Gasteiger partial charge in [0.1, 0.15) is 11.5 Å². The van der Waals surface area contributed by atoms with E-state index in [4.69, 9.17) is 0 Å². The number of likely N-dealkylation sites (N-methyl/N-ethyl adjacent to an activating group) is 1. The van der Waals surface area contributed by atoms with Crippen LogP contribution in [-0.2, 0) is 0 Å². The zero-order chi connectivity index (χ0) is 12.5. The molecule has 2 N–H and O–H groups in total. The number of nitrogens with zero attached hydrogens (tertiary/aromatic N) is 2. The molecule has 5 nitrogen and oxygen atoms in total. The minimum atomic E-state index is 0. The van der Waals surface area contributed by atoms with Crippen molar-refractivity contribution < 1.29 is 4.79 Å². The predicted octanol–water partition coefficient (Wildman–Crippen LogP) is 1.95. The highest BCUT2D eigenvalue weighted by Gasteiger charge is 2.29. The van der Waals surface area contributed by atoms with Crippen molar-refractivity contribution >= 4 is 30.7 Å². The molecule has 1 aliphatic carbocycles. The molecular weight excluding hydrogens is 299 g/mol. The Kier molecular flexibility index (Phi) is 6.30. The summed E-state index contributed by atoms with van der Waals surface area (Å²) >= 11 is 0. The molecule has 1 saturated heterocycles. The van der Waals surface area contributed by atoms with Gasteiger partial charge in [-0.05, 0) is 32.7 Å². The predicted molar refractivity (Wildman–Crippen MR) is 83.0 cm³/mol. The van der Waals surface area contributed by atoms with Crippen LogP contribution in [0.5, 0.6) is 0 Å². The Morgan fingerprint density at radius 3 is 2.80 bits per heavy atom. The van der Waals surface area contributed by atoms with Crippen LogP contribution >= 0.6 is 24.8 Å². The van der Waals surface area contributed by atoms with Crippen molar-refractivity contribution in [2.24, 2.45) is 0 Å². The molecule has 7 heteroatoms. The van der Waals surface area contributed by atoms with Crippen molar-refractivity contribution in [3.8, 4) is 0 Å². The summed E-state index contributed by atoms with van der Waals surface area (Å²) in [5.41, 5.74) is 0.647. The van der Waals surface area contributed by atoms with Gasteiger partial charge in [-0.1, -0.05) is 0 Å². The number of carbonyl (C=O) groups is 1. The molecule has 2 fully saturated rings. The average molecular weight is 321 g/mol. The van der Waals surface area contributed by atoms with E-state index in [2.05, 4.69) is 15.3 Å². The van der Waals surface area contributed by atoms with Gasteiger partial charge in [0.05, 0.1) is 6.20 Å². The van der Waals surface area contributed by atoms with Crippen LogP contribution in [-0.4, -0.2) is 47.0 Å². The van der Waals surface area contributed by atoms with Crippen LogP contribution in [0.4, 0.5) is 0 Å². The van der Waals surface area contributed by atoms with Crippen molar-refractivity contribution in [2.75, 3.05) is 20.1 Å². The highest BCUT2D eigenvalue weighted by molar-refractivity contribution is 5.92. The summed E-state index contributed by atoms with van der Waals surface area (Å²) in [7, 11) is 1.96. The van der Waals surface area contributed by atoms with E-state index in [1.165, 1.54) is 12.8 Å². The Morgan fingerprint density at radius 2 is 2.15 bits per heavy atom. The normalized spacial score (nSPS) is 21.9. The van der Waals surface area contributed by atoms with E-state index < -0.39 is 0 Å². The molecule has 2 aliphatic rings. The van der Waals surface area contributed by atoms with Gasteiger partial charge in [0.2, 0.25) is 0 Å². The lowest BCUT2D eigenvalue weighted by Crippen LogP contribution is -2.47. The molecule has 0 radical (unpaired) electrons. The number of halogens is 2. The van der Waals surface area contributed by atoms with Crippen LogP contribution in [0, 0.1) is 0 Å². The Bertz CT molecular complexity index is 447. The van der Waals surface area contributed by atoms with Gasteiger partial charge >= 0.3 is 0 Å². The standard InChI is InChI=1S/C13H20N4O.2ClH/c1-14-10-3-2-6-17(8-10)13(18)11-7-15-12(16-11)9-4-5-9;;/h7,9-10,14H,2-6,8H2,1H3,(H,15,16);2*1H. The molecule has 2 heterocycles. The Hall–Kier alpha value is -0.780. The molecule has 20 heavy (non-hydrogen) atoms. The number of aromatic amines is 1. The molecule has 1 atom stereocenters. The number of piperidine rings is 1. The number of carbonyl (C=O) groups excluding carboxylic acids is 1. The first-order valence-electron chi connectivity index (χ1n) is 6.79. The fourth-order valence-electron chi connectivity index (χ4n) is 2.58. The van der Waals surface area contributed by atoms with Gasteiger partial charge in [0.25, 0.3) is 5.91 Å². The smallest absolute Gasteiger partial charge is 0.271 e. The van der Waals surface area contributed by atoms with Crippen molar-refractivity contribution in [3.05, 3.63) is 17.7 Å². The maximum Gasteiger partial charge on any atom is 0.271 e. The Morgan fingerprint density at radius 1 is 1.40 bits per heavy atom. The number of imidazole rings is 1. The van der Waals surface area contributed by atoms with E-state index in [0.717, 1.165) is 31.8 Å². The third-order valence-electron chi connectivity index (χ3n) is 3.91. The number of rotatable bonds is 3. The molecule has 1 aromatic rings. The van der Waals surface area contributed by atoms with Crippen LogP contribution in [0.25, 0.3) is 0 Å². The molecule has 0 bridgehead atoms. The van der Waals surface area contributed by atoms with Gasteiger partial charge in [0.15, 0.2) is 0 Å². The summed E-state index contributed by atoms with van der Waals surface area (Å²) in [6.45, 7) is 1.65. The van der Waals surface area contributed by atoms with E-state index in [1.807, 2.05) is 11.9 Å². The van der Waals surface area contributed by atoms with E-state index in [0.29, 0.717) is 17.7 Å². The maximum atomic E-state index is 12.3. The first-order valence-corrected chi connectivity index (χ1v) is 6.79. The summed E-state index contributed by atoms with van der Waals surface area (Å²) in [5.74, 6) is 1.65. The van der Waals surface area contributed by atoms with Crippen LogP contribution in [0.15, 0.2) is 6.20 Å². The number of amides is 1. The monoisotopic (exact) mass is 320 g/mol. The van der Waals surface area contributed by atoms with E-state index in [1.54, 1.807) is 6.20 Å². The third-order valence-corrected chi connectivity index (χ3v) is 3.91. The van der Waals surface area contributed by atoms with Crippen molar-refractivity contribution in [2.45, 2.75) is 37.6 Å². The second-order valence-corrected chi connectivity index (χ2v) is 5.34. The van der Waals surface area contributed by atoms with Crippen molar-refractivity contribution in [1.82, 2.24) is 20.2 Å². The fourth-order valence-corrected chi connectivity index (χ4v) is 2.58. The number of nitrogens with one attached hydrogen (secondary N) is 2. The number of aromatic nitrogens is 2. The molecule has 1 amide bonds. The lowest BCUT2D eigenvalue weighted by atomic mass is 10.1. The van der Waals surface area contributed by atoms with Crippen LogP contribution in [0.2, 0.25) is 0 Å². The summed E-state index contributed by atoms with van der Waals surface area (Å²) in [5, 5.41) is 3.25. The number of likely N-dealkylation sites (tertiary alicyclic amines) is 1.